The van der Waals surface area contributed by atoms with Crippen LogP contribution in [0.3, 0.4) is 0 Å². The van der Waals surface area contributed by atoms with E-state index in [1.807, 2.05) is 6.92 Å². The van der Waals surface area contributed by atoms with Crippen LogP contribution < -0.4 is 10.2 Å². The van der Waals surface area contributed by atoms with Gasteiger partial charge in [0.25, 0.3) is 11.6 Å². The zero-order chi connectivity index (χ0) is 18.4. The molecule has 1 atom stereocenters. The first-order valence-corrected chi connectivity index (χ1v) is 7.75. The molecule has 0 aliphatic rings. The first kappa shape index (κ1) is 18.4. The van der Waals surface area contributed by atoms with Gasteiger partial charge in [0.2, 0.25) is 0 Å². The van der Waals surface area contributed by atoms with E-state index in [4.69, 9.17) is 16.3 Å². The van der Waals surface area contributed by atoms with Crippen molar-refractivity contribution in [2.45, 2.75) is 20.0 Å². The van der Waals surface area contributed by atoms with E-state index in [0.29, 0.717) is 16.3 Å². The quantitative estimate of drug-likeness (QED) is 0.484. The van der Waals surface area contributed by atoms with Gasteiger partial charge in [-0.15, -0.1) is 0 Å². The number of carbonyl (C=O) groups is 1. The van der Waals surface area contributed by atoms with Crippen LogP contribution in [0, 0.1) is 17.0 Å². The Kier molecular flexibility index (Phi) is 6.08. The summed E-state index contributed by atoms with van der Waals surface area (Å²) in [7, 11) is 0. The number of ether oxygens (including phenoxy) is 1. The summed E-state index contributed by atoms with van der Waals surface area (Å²) in [4.78, 5) is 22.1. The van der Waals surface area contributed by atoms with Gasteiger partial charge >= 0.3 is 0 Å². The topological polar surface area (TPSA) is 93.8 Å². The molecule has 1 unspecified atom stereocenters. The lowest BCUT2D eigenvalue weighted by molar-refractivity contribution is -0.384. The number of hydrazone groups is 1. The second-order valence-corrected chi connectivity index (χ2v) is 5.69. The lowest BCUT2D eigenvalue weighted by Crippen LogP contribution is -2.33. The summed E-state index contributed by atoms with van der Waals surface area (Å²) in [5, 5.41) is 15.0. The molecule has 25 heavy (non-hydrogen) atoms. The second-order valence-electron chi connectivity index (χ2n) is 5.25. The summed E-state index contributed by atoms with van der Waals surface area (Å²) in [6, 6.07) is 10.9. The number of nitrogens with one attached hydrogen (secondary N) is 1. The predicted molar refractivity (Wildman–Crippen MR) is 95.1 cm³/mol. The van der Waals surface area contributed by atoms with Gasteiger partial charge in [-0.2, -0.15) is 5.10 Å². The number of aryl methyl sites for hydroxylation is 1. The van der Waals surface area contributed by atoms with Crippen LogP contribution in [0.15, 0.2) is 47.6 Å². The molecule has 0 heterocycles. The van der Waals surface area contributed by atoms with Crippen LogP contribution in [0.4, 0.5) is 5.69 Å². The molecule has 2 rings (SSSR count). The Morgan fingerprint density at radius 3 is 2.60 bits per heavy atom. The number of non-ortho nitro benzene ring substituents is 1. The number of rotatable bonds is 6. The van der Waals surface area contributed by atoms with Gasteiger partial charge in [0.1, 0.15) is 5.75 Å². The van der Waals surface area contributed by atoms with E-state index in [0.717, 1.165) is 5.56 Å². The molecule has 8 heteroatoms. The minimum atomic E-state index is -0.756. The Labute approximate surface area is 149 Å². The zero-order valence-corrected chi connectivity index (χ0v) is 14.4. The minimum Gasteiger partial charge on any atom is -0.481 e. The lowest BCUT2D eigenvalue weighted by atomic mass is 10.2. The van der Waals surface area contributed by atoms with Crippen molar-refractivity contribution in [2.75, 3.05) is 0 Å². The summed E-state index contributed by atoms with van der Waals surface area (Å²) < 4.78 is 5.59. The van der Waals surface area contributed by atoms with Crippen LogP contribution >= 0.6 is 11.6 Å². The fourth-order valence-corrected chi connectivity index (χ4v) is 2.16. The molecule has 2 aromatic carbocycles. The maximum atomic E-state index is 12.0. The number of benzene rings is 2. The summed E-state index contributed by atoms with van der Waals surface area (Å²) in [6.07, 6.45) is 0.635. The molecular formula is C17H16ClN3O4. The fraction of sp³-hybridized carbons (Fsp3) is 0.176. The maximum absolute atomic E-state index is 12.0. The molecule has 7 nitrogen and oxygen atoms in total. The van der Waals surface area contributed by atoms with Gasteiger partial charge in [0, 0.05) is 17.2 Å². The lowest BCUT2D eigenvalue weighted by Gasteiger charge is -2.14. The molecule has 2 aromatic rings. The molecule has 0 aliphatic heterocycles. The van der Waals surface area contributed by atoms with Gasteiger partial charge in [-0.1, -0.05) is 11.6 Å². The summed E-state index contributed by atoms with van der Waals surface area (Å²) in [5.74, 6) is 0.138. The Balaban J connectivity index is 1.91. The van der Waals surface area contributed by atoms with E-state index in [9.17, 15) is 14.9 Å². The van der Waals surface area contributed by atoms with Gasteiger partial charge < -0.3 is 4.74 Å². The number of nitro benzene ring substituents is 1. The zero-order valence-electron chi connectivity index (χ0n) is 13.6. The van der Waals surface area contributed by atoms with Crippen molar-refractivity contribution in [3.8, 4) is 5.75 Å². The summed E-state index contributed by atoms with van der Waals surface area (Å²) in [5.41, 5.74) is 3.79. The average molecular weight is 362 g/mol. The molecule has 0 aliphatic carbocycles. The second kappa shape index (κ2) is 8.25. The van der Waals surface area contributed by atoms with Gasteiger partial charge in [-0.3, -0.25) is 14.9 Å². The normalized spacial score (nSPS) is 12.0. The molecule has 0 fully saturated rings. The highest BCUT2D eigenvalue weighted by molar-refractivity contribution is 6.30. The monoisotopic (exact) mass is 361 g/mol. The first-order chi connectivity index (χ1) is 11.9. The van der Waals surface area contributed by atoms with Gasteiger partial charge in [-0.05, 0) is 55.3 Å². The summed E-state index contributed by atoms with van der Waals surface area (Å²) in [6.45, 7) is 3.43. The minimum absolute atomic E-state index is 0.0125. The third-order valence-electron chi connectivity index (χ3n) is 3.30. The summed E-state index contributed by atoms with van der Waals surface area (Å²) >= 11 is 5.88. The Hall–Kier alpha value is -2.93. The van der Waals surface area contributed by atoms with Crippen molar-refractivity contribution >= 4 is 29.4 Å². The van der Waals surface area contributed by atoms with Crippen molar-refractivity contribution in [3.63, 3.8) is 0 Å². The van der Waals surface area contributed by atoms with E-state index >= 15 is 0 Å². The van der Waals surface area contributed by atoms with Crippen LogP contribution in [0.5, 0.6) is 5.75 Å². The third kappa shape index (κ3) is 5.29. The first-order valence-electron chi connectivity index (χ1n) is 7.37. The highest BCUT2D eigenvalue weighted by Crippen LogP contribution is 2.22. The van der Waals surface area contributed by atoms with Gasteiger partial charge in [0.15, 0.2) is 6.10 Å². The molecule has 1 amide bonds. The number of halogens is 1. The highest BCUT2D eigenvalue weighted by atomic mass is 35.5. The molecular weight excluding hydrogens is 346 g/mol. The molecule has 1 N–H and O–H groups in total. The fourth-order valence-electron chi connectivity index (χ4n) is 1.93. The van der Waals surface area contributed by atoms with Gasteiger partial charge in [0.05, 0.1) is 11.1 Å². The Bertz CT molecular complexity index is 806. The number of nitro groups is 1. The van der Waals surface area contributed by atoms with Crippen LogP contribution in [0.25, 0.3) is 0 Å². The molecule has 0 saturated carbocycles. The van der Waals surface area contributed by atoms with Crippen LogP contribution in [-0.2, 0) is 4.79 Å². The molecule has 0 radical (unpaired) electrons. The molecule has 0 aromatic heterocycles. The maximum Gasteiger partial charge on any atom is 0.280 e. The molecule has 0 spiro atoms. The van der Waals surface area contributed by atoms with Crippen molar-refractivity contribution in [1.82, 2.24) is 5.43 Å². The average Bonchev–Trinajstić information content (AvgIpc) is 2.57. The molecule has 0 bridgehead atoms. The number of hydrogen-bond donors (Lipinski definition) is 1. The van der Waals surface area contributed by atoms with Crippen molar-refractivity contribution in [2.24, 2.45) is 5.10 Å². The van der Waals surface area contributed by atoms with Gasteiger partial charge in [-0.25, -0.2) is 5.43 Å². The van der Waals surface area contributed by atoms with Crippen LogP contribution in [0.2, 0.25) is 5.02 Å². The van der Waals surface area contributed by atoms with Crippen molar-refractivity contribution in [1.29, 1.82) is 0 Å². The van der Waals surface area contributed by atoms with E-state index in [2.05, 4.69) is 10.5 Å². The largest absolute Gasteiger partial charge is 0.481 e. The van der Waals surface area contributed by atoms with Crippen molar-refractivity contribution < 1.29 is 14.5 Å². The smallest absolute Gasteiger partial charge is 0.280 e. The van der Waals surface area contributed by atoms with E-state index in [-0.39, 0.29) is 5.69 Å². The number of carbonyl (C=O) groups excluding carboxylic acids is 1. The highest BCUT2D eigenvalue weighted by Gasteiger charge is 2.15. The molecule has 0 saturated heterocycles. The standard InChI is InChI=1S/C17H16ClN3O4/c1-11-9-14(18)5-8-16(11)25-12(2)17(22)20-19-10-13-3-6-15(7-4-13)21(23)24/h3-10,12H,1-2H3,(H,20,22). The number of hydrogen-bond acceptors (Lipinski definition) is 5. The van der Waals surface area contributed by atoms with Crippen molar-refractivity contribution in [3.05, 3.63) is 68.7 Å². The van der Waals surface area contributed by atoms with Crippen LogP contribution in [-0.4, -0.2) is 23.1 Å². The Morgan fingerprint density at radius 1 is 1.32 bits per heavy atom. The predicted octanol–water partition coefficient (Wildman–Crippen LogP) is 3.47. The van der Waals surface area contributed by atoms with E-state index in [1.165, 1.54) is 30.5 Å². The SMILES string of the molecule is Cc1cc(Cl)ccc1OC(C)C(=O)NN=Cc1ccc([N+](=O)[O-])cc1. The van der Waals surface area contributed by atoms with E-state index in [1.54, 1.807) is 25.1 Å². The third-order valence-corrected chi connectivity index (χ3v) is 3.54. The number of amides is 1. The van der Waals surface area contributed by atoms with Crippen LogP contribution in [0.1, 0.15) is 18.1 Å². The Morgan fingerprint density at radius 2 is 2.00 bits per heavy atom. The van der Waals surface area contributed by atoms with E-state index < -0.39 is 16.9 Å². The molecule has 130 valence electrons. The number of nitrogens with zero attached hydrogens (tertiary/aromatic N) is 2.